The summed E-state index contributed by atoms with van der Waals surface area (Å²) in [6.45, 7) is 9.61. The molecule has 0 aliphatic heterocycles. The van der Waals surface area contributed by atoms with Crippen molar-refractivity contribution in [1.29, 1.82) is 0 Å². The normalized spacial score (nSPS) is 18.8. The fourth-order valence-corrected chi connectivity index (χ4v) is 2.15. The van der Waals surface area contributed by atoms with Crippen LogP contribution in [0.15, 0.2) is 0 Å². The number of hydrogen-bond acceptors (Lipinski definition) is 2. The van der Waals surface area contributed by atoms with Gasteiger partial charge in [0.1, 0.15) is 0 Å². The first-order chi connectivity index (χ1) is 7.68. The van der Waals surface area contributed by atoms with Gasteiger partial charge in [-0.25, -0.2) is 0 Å². The zero-order valence-corrected chi connectivity index (χ0v) is 11.3. The van der Waals surface area contributed by atoms with Crippen LogP contribution in [0.2, 0.25) is 0 Å². The summed E-state index contributed by atoms with van der Waals surface area (Å²) in [6.07, 6.45) is 6.89. The Balaban J connectivity index is 1.82. The van der Waals surface area contributed by atoms with E-state index in [9.17, 15) is 0 Å². The second-order valence-electron chi connectivity index (χ2n) is 5.71. The molecule has 2 heteroatoms. The highest BCUT2D eigenvalue weighted by molar-refractivity contribution is 4.74. The predicted molar refractivity (Wildman–Crippen MR) is 69.7 cm³/mol. The van der Waals surface area contributed by atoms with Crippen molar-refractivity contribution in [2.75, 3.05) is 19.8 Å². The van der Waals surface area contributed by atoms with Crippen LogP contribution in [-0.4, -0.2) is 25.8 Å². The van der Waals surface area contributed by atoms with Gasteiger partial charge >= 0.3 is 0 Å². The van der Waals surface area contributed by atoms with Gasteiger partial charge in [-0.3, -0.25) is 0 Å². The van der Waals surface area contributed by atoms with E-state index < -0.39 is 0 Å². The molecule has 0 spiro atoms. The summed E-state index contributed by atoms with van der Waals surface area (Å²) in [5.41, 5.74) is 0. The van der Waals surface area contributed by atoms with Gasteiger partial charge in [-0.2, -0.15) is 0 Å². The van der Waals surface area contributed by atoms with E-state index >= 15 is 0 Å². The number of nitrogens with one attached hydrogen (secondary N) is 1. The molecule has 2 nitrogen and oxygen atoms in total. The van der Waals surface area contributed by atoms with Crippen LogP contribution in [0.1, 0.15) is 52.9 Å². The van der Waals surface area contributed by atoms with Crippen molar-refractivity contribution < 1.29 is 4.74 Å². The lowest BCUT2D eigenvalue weighted by Crippen LogP contribution is -2.31. The highest BCUT2D eigenvalue weighted by Gasteiger charge is 2.19. The molecule has 1 N–H and O–H groups in total. The SMILES string of the molecule is CC(C)COCCCNC(C)CC1CCC1. The summed E-state index contributed by atoms with van der Waals surface area (Å²) in [5.74, 6) is 1.67. The maximum atomic E-state index is 5.55. The van der Waals surface area contributed by atoms with Crippen LogP contribution in [-0.2, 0) is 4.74 Å². The molecule has 0 radical (unpaired) electrons. The first-order valence-corrected chi connectivity index (χ1v) is 6.99. The van der Waals surface area contributed by atoms with Crippen molar-refractivity contribution >= 4 is 0 Å². The monoisotopic (exact) mass is 227 g/mol. The first kappa shape index (κ1) is 14.0. The Labute approximate surface area is 101 Å². The number of hydrogen-bond donors (Lipinski definition) is 1. The Morgan fingerprint density at radius 2 is 2.00 bits per heavy atom. The summed E-state index contributed by atoms with van der Waals surface area (Å²) in [7, 11) is 0. The average molecular weight is 227 g/mol. The van der Waals surface area contributed by atoms with Gasteiger partial charge in [0.05, 0.1) is 0 Å². The van der Waals surface area contributed by atoms with Crippen LogP contribution >= 0.6 is 0 Å². The van der Waals surface area contributed by atoms with Gasteiger partial charge in [-0.15, -0.1) is 0 Å². The van der Waals surface area contributed by atoms with E-state index in [0.29, 0.717) is 12.0 Å². The molecule has 1 atom stereocenters. The molecule has 1 aliphatic rings. The molecular weight excluding hydrogens is 198 g/mol. The molecule has 0 aromatic heterocycles. The molecule has 0 bridgehead atoms. The molecule has 1 fully saturated rings. The lowest BCUT2D eigenvalue weighted by atomic mass is 9.81. The van der Waals surface area contributed by atoms with Gasteiger partial charge in [0, 0.05) is 19.3 Å². The summed E-state index contributed by atoms with van der Waals surface area (Å²) in [4.78, 5) is 0. The number of rotatable bonds is 9. The Morgan fingerprint density at radius 1 is 1.25 bits per heavy atom. The minimum atomic E-state index is 0.658. The largest absolute Gasteiger partial charge is 0.381 e. The maximum absolute atomic E-state index is 5.55. The van der Waals surface area contributed by atoms with E-state index in [4.69, 9.17) is 4.74 Å². The summed E-state index contributed by atoms with van der Waals surface area (Å²) in [5, 5.41) is 3.59. The smallest absolute Gasteiger partial charge is 0.0489 e. The fourth-order valence-electron chi connectivity index (χ4n) is 2.15. The van der Waals surface area contributed by atoms with Crippen LogP contribution in [0, 0.1) is 11.8 Å². The van der Waals surface area contributed by atoms with Crippen LogP contribution in [0.5, 0.6) is 0 Å². The Kier molecular flexibility index (Phi) is 7.06. The standard InChI is InChI=1S/C14H29NO/c1-12(2)11-16-9-5-8-15-13(3)10-14-6-4-7-14/h12-15H,4-11H2,1-3H3. The van der Waals surface area contributed by atoms with Crippen molar-refractivity contribution in [2.45, 2.75) is 58.9 Å². The van der Waals surface area contributed by atoms with E-state index in [-0.39, 0.29) is 0 Å². The van der Waals surface area contributed by atoms with Gasteiger partial charge in [-0.1, -0.05) is 33.1 Å². The van der Waals surface area contributed by atoms with Gasteiger partial charge in [0.2, 0.25) is 0 Å². The van der Waals surface area contributed by atoms with Crippen LogP contribution in [0.4, 0.5) is 0 Å². The lowest BCUT2D eigenvalue weighted by molar-refractivity contribution is 0.107. The maximum Gasteiger partial charge on any atom is 0.0489 e. The second-order valence-corrected chi connectivity index (χ2v) is 5.71. The predicted octanol–water partition coefficient (Wildman–Crippen LogP) is 3.22. The fraction of sp³-hybridized carbons (Fsp3) is 1.00. The van der Waals surface area contributed by atoms with Crippen molar-refractivity contribution in [2.24, 2.45) is 11.8 Å². The zero-order chi connectivity index (χ0) is 11.8. The van der Waals surface area contributed by atoms with Gasteiger partial charge in [-0.05, 0) is 38.1 Å². The molecule has 1 saturated carbocycles. The first-order valence-electron chi connectivity index (χ1n) is 6.99. The van der Waals surface area contributed by atoms with Gasteiger partial charge < -0.3 is 10.1 Å². The molecule has 1 aliphatic carbocycles. The minimum absolute atomic E-state index is 0.658. The molecular formula is C14H29NO. The Hall–Kier alpha value is -0.0800. The van der Waals surface area contributed by atoms with E-state index in [1.807, 2.05) is 0 Å². The van der Waals surface area contributed by atoms with Crippen LogP contribution in [0.25, 0.3) is 0 Å². The van der Waals surface area contributed by atoms with Crippen molar-refractivity contribution in [3.8, 4) is 0 Å². The average Bonchev–Trinajstić information content (AvgIpc) is 2.17. The van der Waals surface area contributed by atoms with Crippen LogP contribution in [0.3, 0.4) is 0 Å². The number of ether oxygens (including phenoxy) is 1. The van der Waals surface area contributed by atoms with E-state index in [0.717, 1.165) is 32.1 Å². The quantitative estimate of drug-likeness (QED) is 0.611. The highest BCUT2D eigenvalue weighted by Crippen LogP contribution is 2.30. The molecule has 1 rings (SSSR count). The Morgan fingerprint density at radius 3 is 2.56 bits per heavy atom. The topological polar surface area (TPSA) is 21.3 Å². The lowest BCUT2D eigenvalue weighted by Gasteiger charge is -2.28. The molecule has 1 unspecified atom stereocenters. The Bertz CT molecular complexity index is 166. The third kappa shape index (κ3) is 6.49. The molecule has 0 heterocycles. The molecule has 0 amide bonds. The summed E-state index contributed by atoms with van der Waals surface area (Å²) in [6, 6.07) is 0.690. The zero-order valence-electron chi connectivity index (χ0n) is 11.3. The van der Waals surface area contributed by atoms with E-state index in [1.165, 1.54) is 25.7 Å². The third-order valence-corrected chi connectivity index (χ3v) is 3.32. The second kappa shape index (κ2) is 8.08. The molecule has 16 heavy (non-hydrogen) atoms. The van der Waals surface area contributed by atoms with E-state index in [1.54, 1.807) is 0 Å². The summed E-state index contributed by atoms with van der Waals surface area (Å²) >= 11 is 0. The van der Waals surface area contributed by atoms with Crippen molar-refractivity contribution in [1.82, 2.24) is 5.32 Å². The van der Waals surface area contributed by atoms with E-state index in [2.05, 4.69) is 26.1 Å². The highest BCUT2D eigenvalue weighted by atomic mass is 16.5. The summed E-state index contributed by atoms with van der Waals surface area (Å²) < 4.78 is 5.55. The third-order valence-electron chi connectivity index (χ3n) is 3.32. The van der Waals surface area contributed by atoms with Gasteiger partial charge in [0.15, 0.2) is 0 Å². The molecule has 96 valence electrons. The van der Waals surface area contributed by atoms with Crippen LogP contribution < -0.4 is 5.32 Å². The molecule has 0 saturated heterocycles. The van der Waals surface area contributed by atoms with Crippen molar-refractivity contribution in [3.05, 3.63) is 0 Å². The van der Waals surface area contributed by atoms with Crippen molar-refractivity contribution in [3.63, 3.8) is 0 Å². The molecule has 0 aromatic carbocycles. The van der Waals surface area contributed by atoms with Gasteiger partial charge in [0.25, 0.3) is 0 Å². The molecule has 0 aromatic rings. The minimum Gasteiger partial charge on any atom is -0.381 e.